The number of hydrazine groups is 2. The van der Waals surface area contributed by atoms with Crippen molar-refractivity contribution >= 4 is 29.7 Å². The first-order valence-corrected chi connectivity index (χ1v) is 10.9. The van der Waals surface area contributed by atoms with E-state index in [1.54, 1.807) is 20.8 Å². The molecule has 3 amide bonds. The molecular formula is C19H38N4O4S. The molecule has 0 atom stereocenters. The summed E-state index contributed by atoms with van der Waals surface area (Å²) in [7, 11) is 0. The number of hydrogen-bond acceptors (Lipinski definition) is 6. The third-order valence-corrected chi connectivity index (χ3v) is 3.98. The Morgan fingerprint density at radius 2 is 1.57 bits per heavy atom. The van der Waals surface area contributed by atoms with Gasteiger partial charge in [-0.15, -0.1) is 0 Å². The molecule has 0 spiro atoms. The molecule has 0 fully saturated rings. The van der Waals surface area contributed by atoms with Crippen molar-refractivity contribution in [1.82, 2.24) is 20.9 Å². The summed E-state index contributed by atoms with van der Waals surface area (Å²) in [5.74, 6) is 1.02. The van der Waals surface area contributed by atoms with Crippen LogP contribution in [0.5, 0.6) is 0 Å². The van der Waals surface area contributed by atoms with E-state index in [1.165, 1.54) is 21.8 Å². The lowest BCUT2D eigenvalue weighted by Gasteiger charge is -2.30. The Labute approximate surface area is 174 Å². The van der Waals surface area contributed by atoms with Crippen molar-refractivity contribution in [1.29, 1.82) is 0 Å². The fraction of sp³-hybridized carbons (Fsp3) is 0.842. The van der Waals surface area contributed by atoms with Crippen molar-refractivity contribution in [3.63, 3.8) is 0 Å². The number of rotatable bonds is 10. The van der Waals surface area contributed by atoms with Crippen molar-refractivity contribution < 1.29 is 19.1 Å². The molecule has 0 aliphatic carbocycles. The highest BCUT2D eigenvalue weighted by Crippen LogP contribution is 2.08. The van der Waals surface area contributed by atoms with Gasteiger partial charge in [0.2, 0.25) is 5.91 Å². The van der Waals surface area contributed by atoms with Crippen molar-refractivity contribution in [3.05, 3.63) is 0 Å². The molecule has 2 N–H and O–H groups in total. The van der Waals surface area contributed by atoms with Gasteiger partial charge in [0.05, 0.1) is 12.3 Å². The highest BCUT2D eigenvalue weighted by Gasteiger charge is 2.24. The quantitative estimate of drug-likeness (QED) is 0.530. The largest absolute Gasteiger partial charge is 0.443 e. The predicted molar refractivity (Wildman–Crippen MR) is 113 cm³/mol. The highest BCUT2D eigenvalue weighted by molar-refractivity contribution is 7.99. The molecule has 0 saturated carbocycles. The summed E-state index contributed by atoms with van der Waals surface area (Å²) in [5, 5.41) is 2.87. The minimum atomic E-state index is -0.633. The molecule has 0 saturated heterocycles. The van der Waals surface area contributed by atoms with Crippen LogP contribution in [0.1, 0.15) is 55.4 Å². The Morgan fingerprint density at radius 3 is 2.04 bits per heavy atom. The molecule has 0 aromatic carbocycles. The van der Waals surface area contributed by atoms with Crippen LogP contribution in [0.4, 0.5) is 4.79 Å². The zero-order valence-corrected chi connectivity index (χ0v) is 19.4. The number of carbonyl (C=O) groups is 3. The lowest BCUT2D eigenvalue weighted by Crippen LogP contribution is -2.55. The van der Waals surface area contributed by atoms with E-state index in [-0.39, 0.29) is 30.2 Å². The van der Waals surface area contributed by atoms with E-state index in [0.717, 1.165) is 5.75 Å². The summed E-state index contributed by atoms with van der Waals surface area (Å²) >= 11 is 1.49. The van der Waals surface area contributed by atoms with E-state index < -0.39 is 11.7 Å². The lowest BCUT2D eigenvalue weighted by molar-refractivity contribution is -0.142. The van der Waals surface area contributed by atoms with Crippen LogP contribution < -0.4 is 10.9 Å². The van der Waals surface area contributed by atoms with Gasteiger partial charge >= 0.3 is 6.09 Å². The Morgan fingerprint density at radius 1 is 1.00 bits per heavy atom. The molecule has 0 aromatic heterocycles. The van der Waals surface area contributed by atoms with Gasteiger partial charge in [-0.1, -0.05) is 34.6 Å². The Kier molecular flexibility index (Phi) is 12.2. The maximum absolute atomic E-state index is 12.8. The minimum absolute atomic E-state index is 0.0641. The second-order valence-electron chi connectivity index (χ2n) is 8.46. The van der Waals surface area contributed by atoms with Gasteiger partial charge in [-0.05, 0) is 38.4 Å². The van der Waals surface area contributed by atoms with Gasteiger partial charge in [-0.3, -0.25) is 25.4 Å². The van der Waals surface area contributed by atoms with Gasteiger partial charge in [0, 0.05) is 13.1 Å². The Bertz CT molecular complexity index is 507. The zero-order chi connectivity index (χ0) is 21.9. The average Bonchev–Trinajstić information content (AvgIpc) is 2.48. The summed E-state index contributed by atoms with van der Waals surface area (Å²) in [6.45, 7) is 16.0. The molecule has 0 radical (unpaired) electrons. The molecular weight excluding hydrogens is 380 g/mol. The van der Waals surface area contributed by atoms with Crippen LogP contribution in [0.25, 0.3) is 0 Å². The monoisotopic (exact) mass is 418 g/mol. The summed E-state index contributed by atoms with van der Waals surface area (Å²) in [5.41, 5.74) is 4.69. The number of nitrogens with zero attached hydrogens (tertiary/aromatic N) is 2. The second kappa shape index (κ2) is 12.9. The van der Waals surface area contributed by atoms with Gasteiger partial charge in [0.15, 0.2) is 0 Å². The smallest absolute Gasteiger partial charge is 0.422 e. The van der Waals surface area contributed by atoms with Crippen LogP contribution >= 0.6 is 11.8 Å². The predicted octanol–water partition coefficient (Wildman–Crippen LogP) is 2.65. The SMILES string of the molecule is CCSCC(=O)NN(CC(C)C)C(=O)CN(CC(C)C)NC(=O)OC(C)(C)C. The van der Waals surface area contributed by atoms with Crippen LogP contribution in [-0.4, -0.2) is 64.7 Å². The maximum atomic E-state index is 12.8. The number of hydrogen-bond donors (Lipinski definition) is 2. The van der Waals surface area contributed by atoms with E-state index in [1.807, 2.05) is 34.6 Å². The second-order valence-corrected chi connectivity index (χ2v) is 9.73. The molecule has 0 heterocycles. The van der Waals surface area contributed by atoms with Gasteiger partial charge in [-0.25, -0.2) is 9.80 Å². The zero-order valence-electron chi connectivity index (χ0n) is 18.6. The van der Waals surface area contributed by atoms with Crippen LogP contribution in [0.2, 0.25) is 0 Å². The average molecular weight is 419 g/mol. The van der Waals surface area contributed by atoms with Crippen LogP contribution in [0.3, 0.4) is 0 Å². The molecule has 8 nitrogen and oxygen atoms in total. The molecule has 0 rings (SSSR count). The van der Waals surface area contributed by atoms with E-state index in [9.17, 15) is 14.4 Å². The van der Waals surface area contributed by atoms with E-state index >= 15 is 0 Å². The van der Waals surface area contributed by atoms with Crippen molar-refractivity contribution in [2.24, 2.45) is 11.8 Å². The maximum Gasteiger partial charge on any atom is 0.422 e. The Balaban J connectivity index is 5.07. The van der Waals surface area contributed by atoms with Gasteiger partial charge in [0.1, 0.15) is 5.60 Å². The first-order valence-electron chi connectivity index (χ1n) is 9.76. The number of carbonyl (C=O) groups excluding carboxylic acids is 3. The van der Waals surface area contributed by atoms with Gasteiger partial charge in [0.25, 0.3) is 5.91 Å². The van der Waals surface area contributed by atoms with E-state index in [4.69, 9.17) is 4.74 Å². The summed E-state index contributed by atoms with van der Waals surface area (Å²) in [6.07, 6.45) is -0.611. The van der Waals surface area contributed by atoms with Crippen LogP contribution in [0, 0.1) is 11.8 Å². The lowest BCUT2D eigenvalue weighted by atomic mass is 10.2. The highest BCUT2D eigenvalue weighted by atomic mass is 32.2. The number of ether oxygens (including phenoxy) is 1. The molecule has 0 aromatic rings. The third kappa shape index (κ3) is 13.7. The number of thioether (sulfide) groups is 1. The summed E-state index contributed by atoms with van der Waals surface area (Å²) in [6, 6.07) is 0. The standard InChI is InChI=1S/C19H38N4O4S/c1-9-28-13-16(24)20-23(11-15(4)5)17(25)12-22(10-14(2)3)21-18(26)27-19(6,7)8/h14-15H,9-13H2,1-8H3,(H,20,24)(H,21,26). The molecule has 0 bridgehead atoms. The van der Waals surface area contributed by atoms with Gasteiger partial charge in [-0.2, -0.15) is 11.8 Å². The number of nitrogens with one attached hydrogen (secondary N) is 2. The fourth-order valence-electron chi connectivity index (χ4n) is 2.22. The molecule has 28 heavy (non-hydrogen) atoms. The number of amides is 3. The molecule has 0 aliphatic heterocycles. The topological polar surface area (TPSA) is 91.0 Å². The normalized spacial score (nSPS) is 11.7. The first-order chi connectivity index (χ1) is 12.8. The molecule has 0 unspecified atom stereocenters. The van der Waals surface area contributed by atoms with Crippen molar-refractivity contribution in [2.75, 3.05) is 31.1 Å². The van der Waals surface area contributed by atoms with Gasteiger partial charge < -0.3 is 4.74 Å². The van der Waals surface area contributed by atoms with E-state index in [0.29, 0.717) is 18.8 Å². The first kappa shape index (κ1) is 26.5. The van der Waals surface area contributed by atoms with E-state index in [2.05, 4.69) is 10.9 Å². The van der Waals surface area contributed by atoms with Crippen molar-refractivity contribution in [3.8, 4) is 0 Å². The fourth-order valence-corrected chi connectivity index (χ4v) is 2.68. The third-order valence-electron chi connectivity index (χ3n) is 3.11. The Hall–Kier alpha value is -1.48. The molecule has 164 valence electrons. The summed E-state index contributed by atoms with van der Waals surface area (Å²) in [4.78, 5) is 37.0. The van der Waals surface area contributed by atoms with Crippen LogP contribution in [-0.2, 0) is 14.3 Å². The molecule has 9 heteroatoms. The van der Waals surface area contributed by atoms with Crippen molar-refractivity contribution in [2.45, 2.75) is 61.0 Å². The summed E-state index contributed by atoms with van der Waals surface area (Å²) < 4.78 is 5.28. The molecule has 0 aliphatic rings. The van der Waals surface area contributed by atoms with Crippen LogP contribution in [0.15, 0.2) is 0 Å². The minimum Gasteiger partial charge on any atom is -0.443 e.